The number of aliphatic carboxylic acids is 1. The SMILES string of the molecule is O=C(O)[C@H]1CC[C@@H]2COC(=O)N2C1. The average Bonchev–Trinajstić information content (AvgIpc) is 2.47. The van der Waals surface area contributed by atoms with Gasteiger partial charge in [0.25, 0.3) is 0 Å². The van der Waals surface area contributed by atoms with Gasteiger partial charge in [-0.15, -0.1) is 0 Å². The van der Waals surface area contributed by atoms with Crippen molar-refractivity contribution in [1.29, 1.82) is 0 Å². The van der Waals surface area contributed by atoms with Crippen LogP contribution in [0.4, 0.5) is 4.79 Å². The standard InChI is InChI=1S/C8H11NO4/c10-7(11)5-1-2-6-4-13-8(12)9(6)3-5/h5-6H,1-4H2,(H,10,11)/t5-,6+/m0/s1. The van der Waals surface area contributed by atoms with Crippen molar-refractivity contribution < 1.29 is 19.4 Å². The zero-order valence-electron chi connectivity index (χ0n) is 7.10. The monoisotopic (exact) mass is 185 g/mol. The van der Waals surface area contributed by atoms with Crippen molar-refractivity contribution >= 4 is 12.1 Å². The van der Waals surface area contributed by atoms with Gasteiger partial charge in [-0.2, -0.15) is 0 Å². The topological polar surface area (TPSA) is 66.8 Å². The summed E-state index contributed by atoms with van der Waals surface area (Å²) in [6.45, 7) is 0.726. The molecule has 1 N–H and O–H groups in total. The molecule has 0 aliphatic carbocycles. The Kier molecular flexibility index (Phi) is 1.86. The highest BCUT2D eigenvalue weighted by Crippen LogP contribution is 2.26. The van der Waals surface area contributed by atoms with Gasteiger partial charge in [0.15, 0.2) is 0 Å². The summed E-state index contributed by atoms with van der Waals surface area (Å²) in [4.78, 5) is 23.3. The highest BCUT2D eigenvalue weighted by atomic mass is 16.6. The third-order valence-corrected chi connectivity index (χ3v) is 2.69. The molecule has 0 saturated carbocycles. The number of nitrogens with zero attached hydrogens (tertiary/aromatic N) is 1. The maximum atomic E-state index is 11.1. The quantitative estimate of drug-likeness (QED) is 0.638. The normalized spacial score (nSPS) is 32.6. The second kappa shape index (κ2) is 2.90. The fourth-order valence-electron chi connectivity index (χ4n) is 1.88. The predicted molar refractivity (Wildman–Crippen MR) is 42.2 cm³/mol. The number of cyclic esters (lactones) is 1. The zero-order valence-corrected chi connectivity index (χ0v) is 7.10. The van der Waals surface area contributed by atoms with E-state index < -0.39 is 11.9 Å². The first-order chi connectivity index (χ1) is 6.18. The fraction of sp³-hybridized carbons (Fsp3) is 0.750. The van der Waals surface area contributed by atoms with Gasteiger partial charge in [0.2, 0.25) is 0 Å². The molecule has 1 amide bonds. The van der Waals surface area contributed by atoms with Gasteiger partial charge < -0.3 is 14.7 Å². The Labute approximate surface area is 75.3 Å². The summed E-state index contributed by atoms with van der Waals surface area (Å²) < 4.78 is 4.82. The Morgan fingerprint density at radius 2 is 2.31 bits per heavy atom. The molecular weight excluding hydrogens is 174 g/mol. The van der Waals surface area contributed by atoms with E-state index in [1.165, 1.54) is 4.90 Å². The maximum absolute atomic E-state index is 11.1. The number of piperidine rings is 1. The summed E-state index contributed by atoms with van der Waals surface area (Å²) in [5.41, 5.74) is 0. The molecular formula is C8H11NO4. The van der Waals surface area contributed by atoms with Crippen molar-refractivity contribution in [1.82, 2.24) is 4.90 Å². The third-order valence-electron chi connectivity index (χ3n) is 2.69. The van der Waals surface area contributed by atoms with E-state index in [1.54, 1.807) is 0 Å². The fourth-order valence-corrected chi connectivity index (χ4v) is 1.88. The van der Waals surface area contributed by atoms with Crippen LogP contribution >= 0.6 is 0 Å². The van der Waals surface area contributed by atoms with Gasteiger partial charge in [0.1, 0.15) is 6.61 Å². The lowest BCUT2D eigenvalue weighted by atomic mass is 9.94. The molecule has 2 aliphatic heterocycles. The molecule has 0 spiro atoms. The molecule has 13 heavy (non-hydrogen) atoms. The number of carbonyl (C=O) groups is 2. The molecule has 0 unspecified atom stereocenters. The molecule has 0 aromatic heterocycles. The molecule has 5 nitrogen and oxygen atoms in total. The number of hydrogen-bond donors (Lipinski definition) is 1. The van der Waals surface area contributed by atoms with E-state index in [0.717, 1.165) is 6.42 Å². The van der Waals surface area contributed by atoms with E-state index in [0.29, 0.717) is 19.6 Å². The minimum atomic E-state index is -0.821. The number of carbonyl (C=O) groups excluding carboxylic acids is 1. The van der Waals surface area contributed by atoms with Crippen LogP contribution in [0.1, 0.15) is 12.8 Å². The summed E-state index contributed by atoms with van der Waals surface area (Å²) in [5, 5.41) is 8.77. The van der Waals surface area contributed by atoms with E-state index in [2.05, 4.69) is 0 Å². The van der Waals surface area contributed by atoms with Gasteiger partial charge in [0, 0.05) is 6.54 Å². The zero-order chi connectivity index (χ0) is 9.42. The second-order valence-corrected chi connectivity index (χ2v) is 3.50. The number of carboxylic acids is 1. The van der Waals surface area contributed by atoms with Crippen molar-refractivity contribution in [2.75, 3.05) is 13.2 Å². The average molecular weight is 185 g/mol. The number of fused-ring (bicyclic) bond motifs is 1. The molecule has 0 aromatic rings. The summed E-state index contributed by atoms with van der Waals surface area (Å²) in [5.74, 6) is -1.24. The van der Waals surface area contributed by atoms with E-state index >= 15 is 0 Å². The maximum Gasteiger partial charge on any atom is 0.410 e. The molecule has 2 aliphatic rings. The Hall–Kier alpha value is -1.26. The molecule has 2 rings (SSSR count). The molecule has 72 valence electrons. The minimum absolute atomic E-state index is 0.114. The number of amides is 1. The lowest BCUT2D eigenvalue weighted by Crippen LogP contribution is -2.44. The van der Waals surface area contributed by atoms with Crippen LogP contribution in [0, 0.1) is 5.92 Å². The lowest BCUT2D eigenvalue weighted by Gasteiger charge is -2.30. The van der Waals surface area contributed by atoms with Crippen molar-refractivity contribution in [2.45, 2.75) is 18.9 Å². The first kappa shape index (κ1) is 8.34. The molecule has 2 atom stereocenters. The van der Waals surface area contributed by atoms with E-state index in [9.17, 15) is 9.59 Å². The second-order valence-electron chi connectivity index (χ2n) is 3.50. The number of hydrogen-bond acceptors (Lipinski definition) is 3. The highest BCUT2D eigenvalue weighted by Gasteiger charge is 2.40. The molecule has 0 radical (unpaired) electrons. The van der Waals surface area contributed by atoms with Crippen LogP contribution in [-0.4, -0.2) is 41.3 Å². The smallest absolute Gasteiger partial charge is 0.410 e. The molecule has 2 heterocycles. The van der Waals surface area contributed by atoms with Gasteiger partial charge in [-0.1, -0.05) is 0 Å². The van der Waals surface area contributed by atoms with Gasteiger partial charge in [-0.3, -0.25) is 4.79 Å². The summed E-state index contributed by atoms with van der Waals surface area (Å²) >= 11 is 0. The first-order valence-electron chi connectivity index (χ1n) is 4.34. The highest BCUT2D eigenvalue weighted by molar-refractivity contribution is 5.74. The van der Waals surface area contributed by atoms with Crippen LogP contribution in [0.5, 0.6) is 0 Å². The van der Waals surface area contributed by atoms with Crippen LogP contribution < -0.4 is 0 Å². The Morgan fingerprint density at radius 1 is 1.54 bits per heavy atom. The summed E-state index contributed by atoms with van der Waals surface area (Å²) in [7, 11) is 0. The Balaban J connectivity index is 2.05. The molecule has 5 heteroatoms. The Bertz CT molecular complexity index is 253. The minimum Gasteiger partial charge on any atom is -0.481 e. The van der Waals surface area contributed by atoms with Crippen LogP contribution in [0.2, 0.25) is 0 Å². The summed E-state index contributed by atoms with van der Waals surface area (Å²) in [6, 6.07) is 0.114. The van der Waals surface area contributed by atoms with E-state index in [-0.39, 0.29) is 12.1 Å². The van der Waals surface area contributed by atoms with Crippen LogP contribution in [-0.2, 0) is 9.53 Å². The summed E-state index contributed by atoms with van der Waals surface area (Å²) in [6.07, 6.45) is 1.02. The predicted octanol–water partition coefficient (Wildman–Crippen LogP) is 0.302. The van der Waals surface area contributed by atoms with Gasteiger partial charge in [-0.05, 0) is 12.8 Å². The van der Waals surface area contributed by atoms with Gasteiger partial charge in [0.05, 0.1) is 12.0 Å². The van der Waals surface area contributed by atoms with Gasteiger partial charge >= 0.3 is 12.1 Å². The molecule has 0 bridgehead atoms. The lowest BCUT2D eigenvalue weighted by molar-refractivity contribution is -0.143. The molecule has 2 fully saturated rings. The van der Waals surface area contributed by atoms with Crippen molar-refractivity contribution in [3.63, 3.8) is 0 Å². The van der Waals surface area contributed by atoms with Crippen molar-refractivity contribution in [2.24, 2.45) is 5.92 Å². The molecule has 0 aromatic carbocycles. The van der Waals surface area contributed by atoms with Crippen LogP contribution in [0.15, 0.2) is 0 Å². The van der Waals surface area contributed by atoms with Crippen LogP contribution in [0.25, 0.3) is 0 Å². The Morgan fingerprint density at radius 3 is 3.00 bits per heavy atom. The van der Waals surface area contributed by atoms with Gasteiger partial charge in [-0.25, -0.2) is 4.79 Å². The molecule has 2 saturated heterocycles. The van der Waals surface area contributed by atoms with Crippen LogP contribution in [0.3, 0.4) is 0 Å². The third kappa shape index (κ3) is 1.34. The van der Waals surface area contributed by atoms with Crippen molar-refractivity contribution in [3.05, 3.63) is 0 Å². The van der Waals surface area contributed by atoms with Crippen molar-refractivity contribution in [3.8, 4) is 0 Å². The number of rotatable bonds is 1. The largest absolute Gasteiger partial charge is 0.481 e. The van der Waals surface area contributed by atoms with E-state index in [4.69, 9.17) is 9.84 Å². The van der Waals surface area contributed by atoms with E-state index in [1.807, 2.05) is 0 Å². The number of ether oxygens (including phenoxy) is 1. The first-order valence-corrected chi connectivity index (χ1v) is 4.34. The number of carboxylic acid groups (broad SMARTS) is 1.